The molecule has 15 heavy (non-hydrogen) atoms. The van der Waals surface area contributed by atoms with E-state index in [0.29, 0.717) is 12.0 Å². The summed E-state index contributed by atoms with van der Waals surface area (Å²) in [6, 6.07) is 0.804. The fourth-order valence-corrected chi connectivity index (χ4v) is 1.85. The van der Waals surface area contributed by atoms with Gasteiger partial charge in [0.15, 0.2) is 0 Å². The highest BCUT2D eigenvalue weighted by Gasteiger charge is 2.24. The molecule has 0 aromatic rings. The number of rotatable bonds is 8. The van der Waals surface area contributed by atoms with Crippen LogP contribution in [-0.4, -0.2) is 25.3 Å². The molecule has 0 spiro atoms. The standard InChI is InChI=1S/C13H25NO/c1-10(2)13(9-14-12-5-6-12)15-8-7-11-3-4-11/h10-14H,3-9H2,1-2H3. The Labute approximate surface area is 93.8 Å². The van der Waals surface area contributed by atoms with E-state index >= 15 is 0 Å². The van der Waals surface area contributed by atoms with E-state index in [1.54, 1.807) is 0 Å². The molecule has 2 nitrogen and oxygen atoms in total. The number of ether oxygens (including phenoxy) is 1. The van der Waals surface area contributed by atoms with Crippen LogP contribution in [0.2, 0.25) is 0 Å². The minimum Gasteiger partial charge on any atom is -0.377 e. The molecule has 0 saturated heterocycles. The molecule has 0 aliphatic heterocycles. The minimum atomic E-state index is 0.421. The summed E-state index contributed by atoms with van der Waals surface area (Å²) in [6.07, 6.45) is 7.32. The van der Waals surface area contributed by atoms with Gasteiger partial charge in [-0.3, -0.25) is 0 Å². The third-order valence-corrected chi connectivity index (χ3v) is 3.48. The molecule has 2 rings (SSSR count). The molecular weight excluding hydrogens is 186 g/mol. The van der Waals surface area contributed by atoms with Gasteiger partial charge in [-0.1, -0.05) is 26.7 Å². The maximum absolute atomic E-state index is 5.97. The van der Waals surface area contributed by atoms with Crippen molar-refractivity contribution in [2.75, 3.05) is 13.2 Å². The van der Waals surface area contributed by atoms with Crippen LogP contribution in [-0.2, 0) is 4.74 Å². The Morgan fingerprint density at radius 3 is 2.47 bits per heavy atom. The molecule has 1 atom stereocenters. The van der Waals surface area contributed by atoms with E-state index in [4.69, 9.17) is 4.74 Å². The van der Waals surface area contributed by atoms with E-state index in [-0.39, 0.29) is 0 Å². The van der Waals surface area contributed by atoms with Crippen molar-refractivity contribution in [2.24, 2.45) is 11.8 Å². The molecule has 0 radical (unpaired) electrons. The van der Waals surface area contributed by atoms with Crippen molar-refractivity contribution in [3.8, 4) is 0 Å². The zero-order valence-electron chi connectivity index (χ0n) is 10.2. The lowest BCUT2D eigenvalue weighted by Crippen LogP contribution is -2.34. The molecule has 88 valence electrons. The predicted octanol–water partition coefficient (Wildman–Crippen LogP) is 2.58. The van der Waals surface area contributed by atoms with Gasteiger partial charge in [0.1, 0.15) is 0 Å². The highest BCUT2D eigenvalue weighted by atomic mass is 16.5. The fourth-order valence-electron chi connectivity index (χ4n) is 1.85. The van der Waals surface area contributed by atoms with Gasteiger partial charge in [0.25, 0.3) is 0 Å². The van der Waals surface area contributed by atoms with Crippen molar-refractivity contribution in [1.82, 2.24) is 5.32 Å². The van der Waals surface area contributed by atoms with Gasteiger partial charge in [0.2, 0.25) is 0 Å². The molecule has 2 aliphatic carbocycles. The largest absolute Gasteiger partial charge is 0.377 e. The lowest BCUT2D eigenvalue weighted by molar-refractivity contribution is 0.0195. The zero-order chi connectivity index (χ0) is 10.7. The molecule has 0 heterocycles. The van der Waals surface area contributed by atoms with E-state index in [2.05, 4.69) is 19.2 Å². The van der Waals surface area contributed by atoms with Gasteiger partial charge in [-0.05, 0) is 31.1 Å². The third kappa shape index (κ3) is 4.52. The van der Waals surface area contributed by atoms with Crippen molar-refractivity contribution in [3.05, 3.63) is 0 Å². The molecule has 0 amide bonds. The first kappa shape index (κ1) is 11.4. The van der Waals surface area contributed by atoms with Gasteiger partial charge < -0.3 is 10.1 Å². The van der Waals surface area contributed by atoms with Gasteiger partial charge in [-0.15, -0.1) is 0 Å². The summed E-state index contributed by atoms with van der Waals surface area (Å²) in [6.45, 7) is 6.54. The molecule has 0 aromatic carbocycles. The first-order chi connectivity index (χ1) is 7.25. The predicted molar refractivity (Wildman–Crippen MR) is 62.9 cm³/mol. The van der Waals surface area contributed by atoms with Crippen molar-refractivity contribution in [1.29, 1.82) is 0 Å². The van der Waals surface area contributed by atoms with E-state index in [0.717, 1.165) is 25.1 Å². The molecule has 2 fully saturated rings. The summed E-state index contributed by atoms with van der Waals surface area (Å²) in [5.74, 6) is 1.63. The average Bonchev–Trinajstić information content (AvgIpc) is 3.02. The normalized spacial score (nSPS) is 23.4. The molecule has 0 aromatic heterocycles. The second kappa shape index (κ2) is 5.31. The van der Waals surface area contributed by atoms with Crippen LogP contribution >= 0.6 is 0 Å². The quantitative estimate of drug-likeness (QED) is 0.666. The van der Waals surface area contributed by atoms with Crippen molar-refractivity contribution >= 4 is 0 Å². The zero-order valence-corrected chi connectivity index (χ0v) is 10.2. The average molecular weight is 211 g/mol. The summed E-state index contributed by atoms with van der Waals surface area (Å²) in [7, 11) is 0. The highest BCUT2D eigenvalue weighted by Crippen LogP contribution is 2.32. The van der Waals surface area contributed by atoms with Gasteiger partial charge in [0.05, 0.1) is 6.10 Å². The summed E-state index contributed by atoms with van der Waals surface area (Å²) in [5, 5.41) is 3.57. The third-order valence-electron chi connectivity index (χ3n) is 3.48. The van der Waals surface area contributed by atoms with E-state index in [1.807, 2.05) is 0 Å². The lowest BCUT2D eigenvalue weighted by atomic mass is 10.1. The lowest BCUT2D eigenvalue weighted by Gasteiger charge is -2.22. The van der Waals surface area contributed by atoms with E-state index in [9.17, 15) is 0 Å². The van der Waals surface area contributed by atoms with Gasteiger partial charge >= 0.3 is 0 Å². The molecule has 2 heteroatoms. The number of hydrogen-bond donors (Lipinski definition) is 1. The minimum absolute atomic E-state index is 0.421. The molecule has 0 bridgehead atoms. The molecule has 1 N–H and O–H groups in total. The maximum atomic E-state index is 5.97. The Morgan fingerprint density at radius 2 is 1.93 bits per heavy atom. The maximum Gasteiger partial charge on any atom is 0.0722 e. The topological polar surface area (TPSA) is 21.3 Å². The Kier molecular flexibility index (Phi) is 4.04. The Bertz CT molecular complexity index is 185. The highest BCUT2D eigenvalue weighted by molar-refractivity contribution is 4.82. The van der Waals surface area contributed by atoms with E-state index in [1.165, 1.54) is 32.1 Å². The van der Waals surface area contributed by atoms with Crippen LogP contribution < -0.4 is 5.32 Å². The van der Waals surface area contributed by atoms with E-state index < -0.39 is 0 Å². The fraction of sp³-hybridized carbons (Fsp3) is 1.00. The van der Waals surface area contributed by atoms with Gasteiger partial charge in [-0.2, -0.15) is 0 Å². The Balaban J connectivity index is 1.57. The van der Waals surface area contributed by atoms with Crippen LogP contribution in [0.15, 0.2) is 0 Å². The number of hydrogen-bond acceptors (Lipinski definition) is 2. The van der Waals surface area contributed by atoms with Crippen LogP contribution in [0.1, 0.15) is 46.0 Å². The smallest absolute Gasteiger partial charge is 0.0722 e. The summed E-state index contributed by atoms with van der Waals surface area (Å²) < 4.78 is 5.97. The first-order valence-corrected chi connectivity index (χ1v) is 6.60. The van der Waals surface area contributed by atoms with Crippen molar-refractivity contribution < 1.29 is 4.74 Å². The monoisotopic (exact) mass is 211 g/mol. The van der Waals surface area contributed by atoms with Crippen molar-refractivity contribution in [2.45, 2.75) is 58.1 Å². The second-order valence-electron chi connectivity index (χ2n) is 5.57. The molecule has 1 unspecified atom stereocenters. The van der Waals surface area contributed by atoms with Gasteiger partial charge in [0, 0.05) is 19.2 Å². The summed E-state index contributed by atoms with van der Waals surface area (Å²) in [4.78, 5) is 0. The van der Waals surface area contributed by atoms with Crippen LogP contribution in [0, 0.1) is 11.8 Å². The molecule has 2 saturated carbocycles. The summed E-state index contributed by atoms with van der Waals surface area (Å²) in [5.41, 5.74) is 0. The SMILES string of the molecule is CC(C)C(CNC1CC1)OCCC1CC1. The second-order valence-corrected chi connectivity index (χ2v) is 5.57. The van der Waals surface area contributed by atoms with Crippen LogP contribution in [0.25, 0.3) is 0 Å². The van der Waals surface area contributed by atoms with Crippen LogP contribution in [0.5, 0.6) is 0 Å². The first-order valence-electron chi connectivity index (χ1n) is 6.60. The molecule has 2 aliphatic rings. The van der Waals surface area contributed by atoms with Crippen molar-refractivity contribution in [3.63, 3.8) is 0 Å². The van der Waals surface area contributed by atoms with Crippen LogP contribution in [0.4, 0.5) is 0 Å². The van der Waals surface area contributed by atoms with Gasteiger partial charge in [-0.25, -0.2) is 0 Å². The number of nitrogens with one attached hydrogen (secondary N) is 1. The summed E-state index contributed by atoms with van der Waals surface area (Å²) >= 11 is 0. The Morgan fingerprint density at radius 1 is 1.20 bits per heavy atom. The van der Waals surface area contributed by atoms with Crippen LogP contribution in [0.3, 0.4) is 0 Å². The Hall–Kier alpha value is -0.0800. The molecular formula is C13H25NO.